The van der Waals surface area contributed by atoms with Gasteiger partial charge < -0.3 is 15.4 Å². The van der Waals surface area contributed by atoms with Gasteiger partial charge in [0.2, 0.25) is 0 Å². The fourth-order valence-corrected chi connectivity index (χ4v) is 2.48. The van der Waals surface area contributed by atoms with Crippen LogP contribution in [0, 0.1) is 5.82 Å². The standard InChI is InChI=1S/C14H19ClFN3OS/c15-11-3-1-4-12(13(11)16)18-14(21)17-5-2-6-19-7-9-20-10-8-19/h1,3-4H,2,5-10H2,(H2,17,18,21). The Morgan fingerprint density at radius 1 is 1.38 bits per heavy atom. The van der Waals surface area contributed by atoms with E-state index in [1.165, 1.54) is 6.07 Å². The summed E-state index contributed by atoms with van der Waals surface area (Å²) in [6.45, 7) is 5.32. The van der Waals surface area contributed by atoms with Gasteiger partial charge in [-0.3, -0.25) is 4.90 Å². The van der Waals surface area contributed by atoms with Crippen LogP contribution in [-0.2, 0) is 4.74 Å². The zero-order valence-corrected chi connectivity index (χ0v) is 13.3. The van der Waals surface area contributed by atoms with E-state index in [0.717, 1.165) is 45.8 Å². The maximum atomic E-state index is 13.7. The smallest absolute Gasteiger partial charge is 0.170 e. The summed E-state index contributed by atoms with van der Waals surface area (Å²) in [5, 5.41) is 6.37. The summed E-state index contributed by atoms with van der Waals surface area (Å²) in [5.41, 5.74) is 0.285. The van der Waals surface area contributed by atoms with Gasteiger partial charge in [-0.25, -0.2) is 4.39 Å². The fourth-order valence-electron chi connectivity index (χ4n) is 2.10. The number of hydrogen-bond donors (Lipinski definition) is 2. The molecule has 0 spiro atoms. The van der Waals surface area contributed by atoms with Crippen molar-refractivity contribution < 1.29 is 9.13 Å². The molecule has 21 heavy (non-hydrogen) atoms. The van der Waals surface area contributed by atoms with Gasteiger partial charge in [-0.1, -0.05) is 17.7 Å². The van der Waals surface area contributed by atoms with Crippen LogP contribution in [0.4, 0.5) is 10.1 Å². The van der Waals surface area contributed by atoms with E-state index >= 15 is 0 Å². The molecule has 2 N–H and O–H groups in total. The number of ether oxygens (including phenoxy) is 1. The van der Waals surface area contributed by atoms with Crippen molar-refractivity contribution in [3.63, 3.8) is 0 Å². The Labute approximate surface area is 134 Å². The van der Waals surface area contributed by atoms with Crippen molar-refractivity contribution in [2.75, 3.05) is 44.7 Å². The first-order valence-corrected chi connectivity index (χ1v) is 7.74. The molecular weight excluding hydrogens is 313 g/mol. The van der Waals surface area contributed by atoms with Crippen molar-refractivity contribution in [2.24, 2.45) is 0 Å². The molecule has 4 nitrogen and oxygen atoms in total. The number of rotatable bonds is 5. The second kappa shape index (κ2) is 8.48. The maximum Gasteiger partial charge on any atom is 0.170 e. The fraction of sp³-hybridized carbons (Fsp3) is 0.500. The second-order valence-corrected chi connectivity index (χ2v) is 5.61. The van der Waals surface area contributed by atoms with Gasteiger partial charge in [0.05, 0.1) is 23.9 Å². The molecule has 1 saturated heterocycles. The molecule has 1 aromatic rings. The average molecular weight is 332 g/mol. The molecule has 0 radical (unpaired) electrons. The van der Waals surface area contributed by atoms with Crippen molar-refractivity contribution in [1.82, 2.24) is 10.2 Å². The highest BCUT2D eigenvalue weighted by Gasteiger charge is 2.10. The molecule has 0 atom stereocenters. The van der Waals surface area contributed by atoms with Crippen LogP contribution in [0.15, 0.2) is 18.2 Å². The van der Waals surface area contributed by atoms with Crippen molar-refractivity contribution in [3.8, 4) is 0 Å². The lowest BCUT2D eigenvalue weighted by atomic mass is 10.3. The summed E-state index contributed by atoms with van der Waals surface area (Å²) < 4.78 is 19.0. The summed E-state index contributed by atoms with van der Waals surface area (Å²) in [5.74, 6) is -0.489. The molecule has 116 valence electrons. The highest BCUT2D eigenvalue weighted by Crippen LogP contribution is 2.21. The van der Waals surface area contributed by atoms with E-state index in [1.807, 2.05) is 0 Å². The van der Waals surface area contributed by atoms with Gasteiger partial charge in [0.25, 0.3) is 0 Å². The van der Waals surface area contributed by atoms with Crippen LogP contribution in [0.2, 0.25) is 5.02 Å². The van der Waals surface area contributed by atoms with Crippen LogP contribution in [0.3, 0.4) is 0 Å². The predicted molar refractivity (Wildman–Crippen MR) is 87.5 cm³/mol. The monoisotopic (exact) mass is 331 g/mol. The molecule has 1 aliphatic heterocycles. The van der Waals surface area contributed by atoms with Crippen molar-refractivity contribution in [2.45, 2.75) is 6.42 Å². The zero-order valence-electron chi connectivity index (χ0n) is 11.7. The number of morpholine rings is 1. The molecule has 7 heteroatoms. The third-order valence-electron chi connectivity index (χ3n) is 3.24. The quantitative estimate of drug-likeness (QED) is 0.640. The normalized spacial score (nSPS) is 15.7. The number of nitrogens with zero attached hydrogens (tertiary/aromatic N) is 1. The third kappa shape index (κ3) is 5.39. The van der Waals surface area contributed by atoms with E-state index in [4.69, 9.17) is 28.6 Å². The minimum atomic E-state index is -0.489. The van der Waals surface area contributed by atoms with E-state index in [9.17, 15) is 4.39 Å². The third-order valence-corrected chi connectivity index (χ3v) is 3.78. The Hall–Kier alpha value is -0.950. The number of hydrogen-bond acceptors (Lipinski definition) is 3. The molecule has 1 fully saturated rings. The van der Waals surface area contributed by atoms with E-state index in [2.05, 4.69) is 15.5 Å². The maximum absolute atomic E-state index is 13.7. The lowest BCUT2D eigenvalue weighted by Gasteiger charge is -2.26. The molecule has 1 aromatic carbocycles. The van der Waals surface area contributed by atoms with Gasteiger partial charge in [-0.15, -0.1) is 0 Å². The van der Waals surface area contributed by atoms with Crippen molar-refractivity contribution >= 4 is 34.6 Å². The average Bonchev–Trinajstić information content (AvgIpc) is 2.49. The van der Waals surface area contributed by atoms with Crippen LogP contribution in [0.5, 0.6) is 0 Å². The molecular formula is C14H19ClFN3OS. The molecule has 0 bridgehead atoms. The first-order valence-electron chi connectivity index (χ1n) is 6.96. The number of benzene rings is 1. The van der Waals surface area contributed by atoms with Gasteiger partial charge >= 0.3 is 0 Å². The lowest BCUT2D eigenvalue weighted by Crippen LogP contribution is -2.38. The molecule has 1 aliphatic rings. The van der Waals surface area contributed by atoms with Crippen molar-refractivity contribution in [1.29, 1.82) is 0 Å². The van der Waals surface area contributed by atoms with Gasteiger partial charge in [-0.05, 0) is 37.3 Å². The van der Waals surface area contributed by atoms with E-state index < -0.39 is 5.82 Å². The molecule has 2 rings (SSSR count). The largest absolute Gasteiger partial charge is 0.379 e. The second-order valence-electron chi connectivity index (χ2n) is 4.79. The van der Waals surface area contributed by atoms with Gasteiger partial charge in [0, 0.05) is 19.6 Å². The minimum absolute atomic E-state index is 0.0788. The molecule has 0 saturated carbocycles. The Bertz CT molecular complexity index is 483. The van der Waals surface area contributed by atoms with E-state index in [1.54, 1.807) is 12.1 Å². The zero-order chi connectivity index (χ0) is 15.1. The Morgan fingerprint density at radius 2 is 2.14 bits per heavy atom. The van der Waals surface area contributed by atoms with Gasteiger partial charge in [-0.2, -0.15) is 0 Å². The van der Waals surface area contributed by atoms with Crippen molar-refractivity contribution in [3.05, 3.63) is 29.0 Å². The summed E-state index contributed by atoms with van der Waals surface area (Å²) in [4.78, 5) is 2.36. The van der Waals surface area contributed by atoms with Gasteiger partial charge in [0.1, 0.15) is 0 Å². The molecule has 0 unspecified atom stereocenters. The summed E-state index contributed by atoms with van der Waals surface area (Å²) in [7, 11) is 0. The van der Waals surface area contributed by atoms with Gasteiger partial charge in [0.15, 0.2) is 10.9 Å². The Kier molecular flexibility index (Phi) is 6.63. The highest BCUT2D eigenvalue weighted by molar-refractivity contribution is 7.80. The van der Waals surface area contributed by atoms with Crippen LogP contribution in [0.1, 0.15) is 6.42 Å². The topological polar surface area (TPSA) is 36.5 Å². The summed E-state index contributed by atoms with van der Waals surface area (Å²) >= 11 is 10.9. The van der Waals surface area contributed by atoms with Crippen LogP contribution in [-0.4, -0.2) is 49.4 Å². The number of thiocarbonyl (C=S) groups is 1. The molecule has 0 aliphatic carbocycles. The lowest BCUT2D eigenvalue weighted by molar-refractivity contribution is 0.0376. The summed E-state index contributed by atoms with van der Waals surface area (Å²) in [6.07, 6.45) is 0.972. The predicted octanol–water partition coefficient (Wildman–Crippen LogP) is 2.49. The first-order chi connectivity index (χ1) is 10.2. The first kappa shape index (κ1) is 16.4. The number of halogens is 2. The summed E-state index contributed by atoms with van der Waals surface area (Å²) in [6, 6.07) is 4.78. The van der Waals surface area contributed by atoms with E-state index in [-0.39, 0.29) is 10.7 Å². The molecule has 0 aromatic heterocycles. The number of nitrogens with one attached hydrogen (secondary N) is 2. The Balaban J connectivity index is 1.66. The SMILES string of the molecule is Fc1c(Cl)cccc1NC(=S)NCCCN1CCOCC1. The number of anilines is 1. The van der Waals surface area contributed by atoms with E-state index in [0.29, 0.717) is 5.11 Å². The Morgan fingerprint density at radius 3 is 2.90 bits per heavy atom. The molecule has 0 amide bonds. The molecule has 1 heterocycles. The minimum Gasteiger partial charge on any atom is -0.379 e. The van der Waals surface area contributed by atoms with Crippen LogP contribution < -0.4 is 10.6 Å². The van der Waals surface area contributed by atoms with Crippen LogP contribution in [0.25, 0.3) is 0 Å². The highest BCUT2D eigenvalue weighted by atomic mass is 35.5. The van der Waals surface area contributed by atoms with Crippen LogP contribution >= 0.6 is 23.8 Å².